The highest BCUT2D eigenvalue weighted by molar-refractivity contribution is 6.03. The molecule has 2 aliphatic rings. The molecule has 0 N–H and O–H groups in total. The van der Waals surface area contributed by atoms with Gasteiger partial charge in [-0.15, -0.1) is 0 Å². The molecule has 2 amide bonds. The van der Waals surface area contributed by atoms with Crippen LogP contribution in [-0.4, -0.2) is 57.9 Å². The maximum atomic E-state index is 13.2. The maximum absolute atomic E-state index is 13.2. The number of carbonyl (C=O) groups is 2. The van der Waals surface area contributed by atoms with E-state index in [1.54, 1.807) is 23.2 Å². The second-order valence-corrected chi connectivity index (χ2v) is 7.92. The Morgan fingerprint density at radius 3 is 2.79 bits per heavy atom. The molecule has 0 saturated carbocycles. The Morgan fingerprint density at radius 2 is 1.93 bits per heavy atom. The van der Waals surface area contributed by atoms with Crippen molar-refractivity contribution in [1.82, 2.24) is 19.9 Å². The number of rotatable bonds is 4. The SMILES string of the molecule is O=C(c1onc2ncccc12)N1CCC2(CCN(CCc3ccccc3)C2=O)C1. The van der Waals surface area contributed by atoms with Gasteiger partial charge in [0.05, 0.1) is 10.8 Å². The van der Waals surface area contributed by atoms with E-state index in [2.05, 4.69) is 22.3 Å². The van der Waals surface area contributed by atoms with Gasteiger partial charge in [0.1, 0.15) is 0 Å². The molecular weight excluding hydrogens is 368 g/mol. The molecule has 0 bridgehead atoms. The van der Waals surface area contributed by atoms with Gasteiger partial charge in [0.15, 0.2) is 0 Å². The van der Waals surface area contributed by atoms with Crippen LogP contribution in [0.4, 0.5) is 0 Å². The van der Waals surface area contributed by atoms with Crippen molar-refractivity contribution in [2.45, 2.75) is 19.3 Å². The summed E-state index contributed by atoms with van der Waals surface area (Å²) in [6.45, 7) is 2.47. The largest absolute Gasteiger partial charge is 0.348 e. The zero-order valence-corrected chi connectivity index (χ0v) is 16.1. The van der Waals surface area contributed by atoms with E-state index in [0.717, 1.165) is 25.9 Å². The first-order valence-electron chi connectivity index (χ1n) is 9.99. The van der Waals surface area contributed by atoms with E-state index in [9.17, 15) is 9.59 Å². The Hall–Kier alpha value is -3.22. The highest BCUT2D eigenvalue weighted by atomic mass is 16.5. The van der Waals surface area contributed by atoms with E-state index in [1.165, 1.54) is 5.56 Å². The number of hydrogen-bond acceptors (Lipinski definition) is 5. The predicted molar refractivity (Wildman–Crippen MR) is 106 cm³/mol. The quantitative estimate of drug-likeness (QED) is 0.684. The highest BCUT2D eigenvalue weighted by Gasteiger charge is 2.51. The number of pyridine rings is 1. The summed E-state index contributed by atoms with van der Waals surface area (Å²) in [5, 5.41) is 4.48. The molecular formula is C22H22N4O3. The van der Waals surface area contributed by atoms with Crippen molar-refractivity contribution in [2.24, 2.45) is 5.41 Å². The lowest BCUT2D eigenvalue weighted by Crippen LogP contribution is -2.39. The highest BCUT2D eigenvalue weighted by Crippen LogP contribution is 2.41. The third-order valence-corrected chi connectivity index (χ3v) is 6.20. The molecule has 1 spiro atoms. The zero-order valence-electron chi connectivity index (χ0n) is 16.1. The van der Waals surface area contributed by atoms with Crippen LogP contribution in [0.1, 0.15) is 29.0 Å². The van der Waals surface area contributed by atoms with Crippen molar-refractivity contribution in [1.29, 1.82) is 0 Å². The van der Waals surface area contributed by atoms with Crippen LogP contribution in [0.15, 0.2) is 53.2 Å². The summed E-state index contributed by atoms with van der Waals surface area (Å²) in [4.78, 5) is 34.0. The van der Waals surface area contributed by atoms with Crippen molar-refractivity contribution in [3.05, 3.63) is 60.0 Å². The van der Waals surface area contributed by atoms with Crippen LogP contribution in [0, 0.1) is 5.41 Å². The van der Waals surface area contributed by atoms with E-state index >= 15 is 0 Å². The summed E-state index contributed by atoms with van der Waals surface area (Å²) in [6.07, 6.45) is 3.96. The number of carbonyl (C=O) groups excluding carboxylic acids is 2. The molecule has 1 aromatic carbocycles. The molecule has 4 heterocycles. The second kappa shape index (κ2) is 6.99. The van der Waals surface area contributed by atoms with Gasteiger partial charge in [-0.2, -0.15) is 0 Å². The van der Waals surface area contributed by atoms with Crippen LogP contribution in [0.3, 0.4) is 0 Å². The second-order valence-electron chi connectivity index (χ2n) is 7.92. The minimum absolute atomic E-state index is 0.174. The molecule has 7 nitrogen and oxygen atoms in total. The fourth-order valence-electron chi connectivity index (χ4n) is 4.52. The van der Waals surface area contributed by atoms with Gasteiger partial charge >= 0.3 is 0 Å². The fourth-order valence-corrected chi connectivity index (χ4v) is 4.52. The monoisotopic (exact) mass is 390 g/mol. The van der Waals surface area contributed by atoms with E-state index in [-0.39, 0.29) is 17.6 Å². The average molecular weight is 390 g/mol. The molecule has 29 heavy (non-hydrogen) atoms. The summed E-state index contributed by atoms with van der Waals surface area (Å²) in [5.41, 5.74) is 1.20. The average Bonchev–Trinajstić information content (AvgIpc) is 3.46. The number of nitrogens with zero attached hydrogens (tertiary/aromatic N) is 4. The van der Waals surface area contributed by atoms with Gasteiger partial charge in [0, 0.05) is 32.4 Å². The molecule has 3 aromatic rings. The molecule has 1 atom stereocenters. The molecule has 148 valence electrons. The van der Waals surface area contributed by atoms with Crippen LogP contribution < -0.4 is 0 Å². The Balaban J connectivity index is 1.27. The Labute approximate surface area is 168 Å². The third-order valence-electron chi connectivity index (χ3n) is 6.20. The third kappa shape index (κ3) is 3.06. The Morgan fingerprint density at radius 1 is 1.10 bits per heavy atom. The topological polar surface area (TPSA) is 79.5 Å². The predicted octanol–water partition coefficient (Wildman–Crippen LogP) is 2.53. The molecule has 5 rings (SSSR count). The van der Waals surface area contributed by atoms with Crippen molar-refractivity contribution in [3.63, 3.8) is 0 Å². The van der Waals surface area contributed by atoms with Crippen LogP contribution >= 0.6 is 0 Å². The fraction of sp³-hybridized carbons (Fsp3) is 0.364. The molecule has 1 unspecified atom stereocenters. The number of amides is 2. The number of hydrogen-bond donors (Lipinski definition) is 0. The summed E-state index contributed by atoms with van der Waals surface area (Å²) < 4.78 is 5.28. The zero-order chi connectivity index (χ0) is 19.8. The van der Waals surface area contributed by atoms with Crippen molar-refractivity contribution in [2.75, 3.05) is 26.2 Å². The van der Waals surface area contributed by atoms with E-state index in [4.69, 9.17) is 4.52 Å². The standard InChI is InChI=1S/C22H22N4O3/c27-20(18-17-7-4-11-23-19(17)24-29-18)26-14-10-22(15-26)9-13-25(21(22)28)12-8-16-5-2-1-3-6-16/h1-7,11H,8-10,12-15H2. The van der Waals surface area contributed by atoms with Crippen LogP contribution in [0.5, 0.6) is 0 Å². The Kier molecular flexibility index (Phi) is 4.30. The van der Waals surface area contributed by atoms with Crippen molar-refractivity contribution >= 4 is 22.8 Å². The first-order valence-corrected chi connectivity index (χ1v) is 9.99. The molecule has 0 aliphatic carbocycles. The number of likely N-dealkylation sites (tertiary alicyclic amines) is 2. The lowest BCUT2D eigenvalue weighted by molar-refractivity contribution is -0.135. The molecule has 2 saturated heterocycles. The van der Waals surface area contributed by atoms with Crippen LogP contribution in [0.2, 0.25) is 0 Å². The minimum atomic E-state index is -0.458. The van der Waals surface area contributed by atoms with Crippen molar-refractivity contribution in [3.8, 4) is 0 Å². The first-order chi connectivity index (χ1) is 14.2. The summed E-state index contributed by atoms with van der Waals surface area (Å²) in [5.74, 6) is 0.164. The number of aromatic nitrogens is 2. The van der Waals surface area contributed by atoms with E-state index < -0.39 is 5.41 Å². The molecule has 7 heteroatoms. The van der Waals surface area contributed by atoms with Crippen LogP contribution in [0.25, 0.3) is 11.0 Å². The number of fused-ring (bicyclic) bond motifs is 1. The minimum Gasteiger partial charge on any atom is -0.348 e. The normalized spacial score (nSPS) is 21.6. The van der Waals surface area contributed by atoms with E-state index in [0.29, 0.717) is 30.5 Å². The van der Waals surface area contributed by atoms with Gasteiger partial charge in [-0.25, -0.2) is 4.98 Å². The smallest absolute Gasteiger partial charge is 0.293 e. The number of benzene rings is 1. The van der Waals surface area contributed by atoms with Gasteiger partial charge in [0.25, 0.3) is 5.91 Å². The van der Waals surface area contributed by atoms with Crippen molar-refractivity contribution < 1.29 is 14.1 Å². The summed E-state index contributed by atoms with van der Waals surface area (Å²) >= 11 is 0. The summed E-state index contributed by atoms with van der Waals surface area (Å²) in [6, 6.07) is 13.7. The van der Waals surface area contributed by atoms with Crippen LogP contribution in [-0.2, 0) is 11.2 Å². The lowest BCUT2D eigenvalue weighted by atomic mass is 9.85. The van der Waals surface area contributed by atoms with Gasteiger partial charge < -0.3 is 14.3 Å². The van der Waals surface area contributed by atoms with Gasteiger partial charge in [-0.05, 0) is 37.0 Å². The van der Waals surface area contributed by atoms with Gasteiger partial charge in [0.2, 0.25) is 17.3 Å². The summed E-state index contributed by atoms with van der Waals surface area (Å²) in [7, 11) is 0. The van der Waals surface area contributed by atoms with E-state index in [1.807, 2.05) is 23.1 Å². The first kappa shape index (κ1) is 17.8. The molecule has 2 fully saturated rings. The molecule has 2 aromatic heterocycles. The van der Waals surface area contributed by atoms with Gasteiger partial charge in [-0.1, -0.05) is 35.5 Å². The lowest BCUT2D eigenvalue weighted by Gasteiger charge is -2.23. The Bertz CT molecular complexity index is 1060. The van der Waals surface area contributed by atoms with Gasteiger partial charge in [-0.3, -0.25) is 9.59 Å². The molecule has 2 aliphatic heterocycles. The molecule has 0 radical (unpaired) electrons. The maximum Gasteiger partial charge on any atom is 0.293 e.